The van der Waals surface area contributed by atoms with E-state index >= 15 is 0 Å². The van der Waals surface area contributed by atoms with Crippen molar-refractivity contribution in [1.29, 1.82) is 0 Å². The highest BCUT2D eigenvalue weighted by Gasteiger charge is 2.33. The van der Waals surface area contributed by atoms with Crippen LogP contribution in [0.15, 0.2) is 72.8 Å². The van der Waals surface area contributed by atoms with Gasteiger partial charge in [0, 0.05) is 25.0 Å². The van der Waals surface area contributed by atoms with Crippen molar-refractivity contribution >= 4 is 39.1 Å². The van der Waals surface area contributed by atoms with Crippen molar-refractivity contribution < 1.29 is 22.7 Å². The molecule has 0 bridgehead atoms. The molecule has 0 aliphatic rings. The maximum Gasteiger partial charge on any atom is 0.244 e. The van der Waals surface area contributed by atoms with Gasteiger partial charge in [-0.05, 0) is 41.8 Å². The van der Waals surface area contributed by atoms with E-state index in [2.05, 4.69) is 5.32 Å². The highest BCUT2D eigenvalue weighted by molar-refractivity contribution is 7.92. The molecule has 3 aromatic rings. The molecule has 0 aliphatic heterocycles. The van der Waals surface area contributed by atoms with E-state index in [0.29, 0.717) is 16.3 Å². The van der Waals surface area contributed by atoms with Crippen LogP contribution in [0.1, 0.15) is 16.7 Å². The van der Waals surface area contributed by atoms with Gasteiger partial charge in [-0.2, -0.15) is 0 Å². The Morgan fingerprint density at radius 1 is 1.03 bits per heavy atom. The van der Waals surface area contributed by atoms with Crippen LogP contribution in [0.25, 0.3) is 0 Å². The Morgan fingerprint density at radius 3 is 2.29 bits per heavy atom. The van der Waals surface area contributed by atoms with Crippen molar-refractivity contribution in [1.82, 2.24) is 10.2 Å². The van der Waals surface area contributed by atoms with Gasteiger partial charge in [-0.15, -0.1) is 0 Å². The van der Waals surface area contributed by atoms with Crippen LogP contribution >= 0.6 is 11.6 Å². The number of halogens is 1. The van der Waals surface area contributed by atoms with Gasteiger partial charge in [-0.25, -0.2) is 8.42 Å². The minimum absolute atomic E-state index is 0.00593. The standard InChI is InChI=1S/C28H32ClN3O5S/c1-20-14-15-26(37-3)24(16-20)32(38(4,35)36)19-27(33)31(18-22-12-8-9-13-23(22)29)25(28(34)30-2)17-21-10-6-5-7-11-21/h5-16,25H,17-19H2,1-4H3,(H,30,34)/t25-/m0/s1. The quantitative estimate of drug-likeness (QED) is 0.387. The van der Waals surface area contributed by atoms with Crippen LogP contribution in [0.4, 0.5) is 5.69 Å². The topological polar surface area (TPSA) is 96.0 Å². The van der Waals surface area contributed by atoms with Crippen LogP contribution in [-0.2, 0) is 32.6 Å². The molecular weight excluding hydrogens is 526 g/mol. The number of sulfonamides is 1. The normalized spacial score (nSPS) is 11.9. The first kappa shape index (κ1) is 29.0. The number of carbonyl (C=O) groups is 2. The second kappa shape index (κ2) is 12.8. The summed E-state index contributed by atoms with van der Waals surface area (Å²) in [6.45, 7) is 1.29. The lowest BCUT2D eigenvalue weighted by molar-refractivity contribution is -0.139. The average Bonchev–Trinajstić information content (AvgIpc) is 2.89. The van der Waals surface area contributed by atoms with E-state index in [1.165, 1.54) is 19.1 Å². The summed E-state index contributed by atoms with van der Waals surface area (Å²) in [5, 5.41) is 3.08. The fourth-order valence-corrected chi connectivity index (χ4v) is 5.16. The van der Waals surface area contributed by atoms with E-state index in [-0.39, 0.29) is 24.6 Å². The molecule has 2 amide bonds. The Labute approximate surface area is 229 Å². The molecule has 0 saturated heterocycles. The molecule has 3 aromatic carbocycles. The number of rotatable bonds is 11. The lowest BCUT2D eigenvalue weighted by Crippen LogP contribution is -2.53. The van der Waals surface area contributed by atoms with Gasteiger partial charge in [0.25, 0.3) is 0 Å². The van der Waals surface area contributed by atoms with Crippen LogP contribution < -0.4 is 14.4 Å². The van der Waals surface area contributed by atoms with E-state index in [1.807, 2.05) is 37.3 Å². The molecule has 0 heterocycles. The van der Waals surface area contributed by atoms with E-state index in [1.54, 1.807) is 42.5 Å². The maximum absolute atomic E-state index is 14.0. The summed E-state index contributed by atoms with van der Waals surface area (Å²) in [4.78, 5) is 28.5. The molecule has 38 heavy (non-hydrogen) atoms. The maximum atomic E-state index is 14.0. The number of methoxy groups -OCH3 is 1. The second-order valence-electron chi connectivity index (χ2n) is 8.88. The number of benzene rings is 3. The van der Waals surface area contributed by atoms with Gasteiger partial charge >= 0.3 is 0 Å². The SMILES string of the molecule is CNC(=O)[C@H](Cc1ccccc1)N(Cc1ccccc1Cl)C(=O)CN(c1cc(C)ccc1OC)S(C)(=O)=O. The Hall–Kier alpha value is -3.56. The fraction of sp³-hybridized carbons (Fsp3) is 0.286. The van der Waals surface area contributed by atoms with Gasteiger partial charge in [0.1, 0.15) is 18.3 Å². The Morgan fingerprint density at radius 2 is 1.68 bits per heavy atom. The summed E-state index contributed by atoms with van der Waals surface area (Å²) in [7, 11) is -0.977. The van der Waals surface area contributed by atoms with Crippen LogP contribution in [0, 0.1) is 6.92 Å². The summed E-state index contributed by atoms with van der Waals surface area (Å²) in [5.74, 6) is -0.643. The minimum Gasteiger partial charge on any atom is -0.495 e. The molecule has 1 N–H and O–H groups in total. The molecule has 0 fully saturated rings. The Kier molecular flexibility index (Phi) is 9.77. The molecule has 202 valence electrons. The van der Waals surface area contributed by atoms with Gasteiger partial charge < -0.3 is 15.0 Å². The third-order valence-electron chi connectivity index (χ3n) is 6.10. The summed E-state index contributed by atoms with van der Waals surface area (Å²) >= 11 is 6.42. The lowest BCUT2D eigenvalue weighted by Gasteiger charge is -2.33. The molecule has 1 atom stereocenters. The molecule has 0 radical (unpaired) electrons. The van der Waals surface area contributed by atoms with Gasteiger partial charge in [0.2, 0.25) is 21.8 Å². The zero-order chi connectivity index (χ0) is 27.9. The number of hydrogen-bond acceptors (Lipinski definition) is 5. The molecule has 0 aromatic heterocycles. The highest BCUT2D eigenvalue weighted by Crippen LogP contribution is 2.31. The molecule has 0 saturated carbocycles. The van der Waals surface area contributed by atoms with Gasteiger partial charge in [-0.1, -0.05) is 66.2 Å². The van der Waals surface area contributed by atoms with Crippen molar-refractivity contribution in [2.45, 2.75) is 25.9 Å². The summed E-state index contributed by atoms with van der Waals surface area (Å²) in [5.41, 5.74) is 2.50. The predicted molar refractivity (Wildman–Crippen MR) is 150 cm³/mol. The molecule has 0 aliphatic carbocycles. The second-order valence-corrected chi connectivity index (χ2v) is 11.2. The third-order valence-corrected chi connectivity index (χ3v) is 7.59. The number of amides is 2. The first-order valence-electron chi connectivity index (χ1n) is 12.0. The summed E-state index contributed by atoms with van der Waals surface area (Å²) in [6.07, 6.45) is 1.25. The van der Waals surface area contributed by atoms with Crippen molar-refractivity contribution in [2.24, 2.45) is 0 Å². The van der Waals surface area contributed by atoms with E-state index < -0.39 is 28.5 Å². The number of ether oxygens (including phenoxy) is 1. The van der Waals surface area contributed by atoms with Crippen molar-refractivity contribution in [2.75, 3.05) is 31.3 Å². The first-order chi connectivity index (χ1) is 18.0. The van der Waals surface area contributed by atoms with Crippen molar-refractivity contribution in [3.63, 3.8) is 0 Å². The van der Waals surface area contributed by atoms with Gasteiger partial charge in [0.05, 0.1) is 19.1 Å². The molecule has 10 heteroatoms. The Bertz CT molecular complexity index is 1380. The number of nitrogens with one attached hydrogen (secondary N) is 1. The number of nitrogens with zero attached hydrogens (tertiary/aromatic N) is 2. The first-order valence-corrected chi connectivity index (χ1v) is 14.2. The van der Waals surface area contributed by atoms with E-state index in [4.69, 9.17) is 16.3 Å². The molecular formula is C28H32ClN3O5S. The van der Waals surface area contributed by atoms with E-state index in [0.717, 1.165) is 21.7 Å². The minimum atomic E-state index is -3.91. The van der Waals surface area contributed by atoms with Crippen LogP contribution in [0.2, 0.25) is 5.02 Å². The molecule has 3 rings (SSSR count). The third kappa shape index (κ3) is 7.26. The zero-order valence-electron chi connectivity index (χ0n) is 21.8. The zero-order valence-corrected chi connectivity index (χ0v) is 23.4. The van der Waals surface area contributed by atoms with Gasteiger partial charge in [0.15, 0.2) is 0 Å². The molecule has 0 spiro atoms. The number of anilines is 1. The van der Waals surface area contributed by atoms with Crippen LogP contribution in [0.3, 0.4) is 0 Å². The fourth-order valence-electron chi connectivity index (χ4n) is 4.12. The van der Waals surface area contributed by atoms with Crippen LogP contribution in [-0.4, -0.2) is 58.1 Å². The number of likely N-dealkylation sites (N-methyl/N-ethyl adjacent to an activating group) is 1. The summed E-state index contributed by atoms with van der Waals surface area (Å²) < 4.78 is 32.3. The van der Waals surface area contributed by atoms with Crippen molar-refractivity contribution in [3.8, 4) is 5.75 Å². The molecule has 8 nitrogen and oxygen atoms in total. The molecule has 0 unspecified atom stereocenters. The monoisotopic (exact) mass is 557 g/mol. The number of aryl methyl sites for hydroxylation is 1. The highest BCUT2D eigenvalue weighted by atomic mass is 35.5. The number of carbonyl (C=O) groups excluding carboxylic acids is 2. The largest absolute Gasteiger partial charge is 0.495 e. The lowest BCUT2D eigenvalue weighted by atomic mass is 10.0. The van der Waals surface area contributed by atoms with Crippen molar-refractivity contribution in [3.05, 3.63) is 94.5 Å². The average molecular weight is 558 g/mol. The van der Waals surface area contributed by atoms with Gasteiger partial charge in [-0.3, -0.25) is 13.9 Å². The summed E-state index contributed by atoms with van der Waals surface area (Å²) in [6, 6.07) is 20.5. The predicted octanol–water partition coefficient (Wildman–Crippen LogP) is 3.81. The van der Waals surface area contributed by atoms with E-state index in [9.17, 15) is 18.0 Å². The smallest absolute Gasteiger partial charge is 0.244 e. The Balaban J connectivity index is 2.08. The van der Waals surface area contributed by atoms with Crippen LogP contribution in [0.5, 0.6) is 5.75 Å². The number of hydrogen-bond donors (Lipinski definition) is 1.